The highest BCUT2D eigenvalue weighted by Gasteiger charge is 2.38. The largest absolute Gasteiger partial charge is 0.372 e. The zero-order valence-electron chi connectivity index (χ0n) is 13.7. The van der Waals surface area contributed by atoms with Gasteiger partial charge in [-0.2, -0.15) is 0 Å². The first kappa shape index (κ1) is 15.3. The number of hydrogen-bond acceptors (Lipinski definition) is 3. The summed E-state index contributed by atoms with van der Waals surface area (Å²) in [5.41, 5.74) is 0.438. The summed E-state index contributed by atoms with van der Waals surface area (Å²) >= 11 is 0. The molecule has 0 aromatic rings. The van der Waals surface area contributed by atoms with E-state index < -0.39 is 0 Å². The summed E-state index contributed by atoms with van der Waals surface area (Å²) in [5, 5.41) is 3.78. The normalized spacial score (nSPS) is 27.7. The maximum absolute atomic E-state index is 4.77. The molecule has 3 nitrogen and oxygen atoms in total. The number of nitrogens with zero attached hydrogens (tertiary/aromatic N) is 2. The summed E-state index contributed by atoms with van der Waals surface area (Å²) in [5.74, 6) is 1.30. The Morgan fingerprint density at radius 3 is 2.38 bits per heavy atom. The highest BCUT2D eigenvalue weighted by atomic mass is 15.2. The minimum absolute atomic E-state index is 0.438. The second kappa shape index (κ2) is 7.62. The molecule has 2 fully saturated rings. The number of nitrogens with one attached hydrogen (secondary N) is 1. The lowest BCUT2D eigenvalue weighted by atomic mass is 9.79. The van der Waals surface area contributed by atoms with Crippen LogP contribution in [0.2, 0.25) is 0 Å². The maximum atomic E-state index is 4.77. The van der Waals surface area contributed by atoms with E-state index in [1.807, 2.05) is 0 Å². The molecule has 1 N–H and O–H groups in total. The van der Waals surface area contributed by atoms with Crippen molar-refractivity contribution in [3.63, 3.8) is 0 Å². The third kappa shape index (κ3) is 4.00. The topological polar surface area (TPSA) is 27.6 Å². The van der Waals surface area contributed by atoms with E-state index in [2.05, 4.69) is 10.2 Å². The molecular weight excluding hydrogens is 258 g/mol. The molecule has 2 heterocycles. The van der Waals surface area contributed by atoms with E-state index in [1.165, 1.54) is 96.0 Å². The van der Waals surface area contributed by atoms with Crippen LogP contribution in [0.3, 0.4) is 0 Å². The van der Waals surface area contributed by atoms with Crippen LogP contribution >= 0.6 is 0 Å². The fourth-order valence-electron chi connectivity index (χ4n) is 4.47. The van der Waals surface area contributed by atoms with Gasteiger partial charge in [0.25, 0.3) is 0 Å². The Balaban J connectivity index is 1.62. The van der Waals surface area contributed by atoms with Crippen molar-refractivity contribution in [3.05, 3.63) is 0 Å². The highest BCUT2D eigenvalue weighted by Crippen LogP contribution is 2.35. The van der Waals surface area contributed by atoms with Crippen molar-refractivity contribution in [2.24, 2.45) is 4.99 Å². The van der Waals surface area contributed by atoms with Crippen LogP contribution in [0.5, 0.6) is 0 Å². The van der Waals surface area contributed by atoms with E-state index in [0.717, 1.165) is 13.1 Å². The van der Waals surface area contributed by atoms with E-state index in [4.69, 9.17) is 4.99 Å². The van der Waals surface area contributed by atoms with Crippen LogP contribution in [-0.4, -0.2) is 42.5 Å². The fraction of sp³-hybridized carbons (Fsp3) is 0.944. The van der Waals surface area contributed by atoms with Gasteiger partial charge >= 0.3 is 0 Å². The van der Waals surface area contributed by atoms with E-state index in [1.54, 1.807) is 0 Å². The summed E-state index contributed by atoms with van der Waals surface area (Å²) in [7, 11) is 0. The van der Waals surface area contributed by atoms with Crippen molar-refractivity contribution >= 4 is 5.84 Å². The van der Waals surface area contributed by atoms with E-state index in [-0.39, 0.29) is 0 Å². The third-order valence-electron chi connectivity index (χ3n) is 5.81. The number of rotatable bonds is 3. The van der Waals surface area contributed by atoms with Crippen LogP contribution in [0.25, 0.3) is 0 Å². The molecule has 3 rings (SSSR count). The van der Waals surface area contributed by atoms with Gasteiger partial charge in [0.1, 0.15) is 0 Å². The molecular formula is C18H33N3. The van der Waals surface area contributed by atoms with Crippen LogP contribution in [-0.2, 0) is 0 Å². The first-order valence-electron chi connectivity index (χ1n) is 9.41. The minimum atomic E-state index is 0.438. The molecule has 1 saturated carbocycles. The number of piperidine rings is 1. The Kier molecular flexibility index (Phi) is 5.56. The van der Waals surface area contributed by atoms with Gasteiger partial charge in [-0.25, -0.2) is 0 Å². The summed E-state index contributed by atoms with van der Waals surface area (Å²) in [4.78, 5) is 7.60. The third-order valence-corrected chi connectivity index (χ3v) is 5.81. The molecule has 3 heteroatoms. The summed E-state index contributed by atoms with van der Waals surface area (Å²) in [6, 6.07) is 0. The summed E-state index contributed by atoms with van der Waals surface area (Å²) in [6.07, 6.45) is 16.5. The van der Waals surface area contributed by atoms with Gasteiger partial charge in [0, 0.05) is 25.0 Å². The minimum Gasteiger partial charge on any atom is -0.372 e. The molecule has 0 spiro atoms. The van der Waals surface area contributed by atoms with Gasteiger partial charge in [-0.15, -0.1) is 0 Å². The lowest BCUT2D eigenvalue weighted by molar-refractivity contribution is 0.0369. The van der Waals surface area contributed by atoms with Gasteiger partial charge in [-0.1, -0.05) is 32.1 Å². The summed E-state index contributed by atoms with van der Waals surface area (Å²) in [6.45, 7) is 4.84. The van der Waals surface area contributed by atoms with E-state index in [9.17, 15) is 0 Å². The number of aliphatic imine (C=N–C) groups is 1. The predicted octanol–water partition coefficient (Wildman–Crippen LogP) is 3.74. The zero-order valence-corrected chi connectivity index (χ0v) is 13.7. The van der Waals surface area contributed by atoms with Gasteiger partial charge in [0.2, 0.25) is 0 Å². The lowest BCUT2D eigenvalue weighted by Crippen LogP contribution is -2.58. The van der Waals surface area contributed by atoms with Crippen LogP contribution < -0.4 is 5.32 Å². The first-order valence-corrected chi connectivity index (χ1v) is 9.41. The Bertz CT molecular complexity index is 338. The zero-order chi connectivity index (χ0) is 14.4. The Morgan fingerprint density at radius 1 is 0.857 bits per heavy atom. The second-order valence-corrected chi connectivity index (χ2v) is 7.33. The second-order valence-electron chi connectivity index (χ2n) is 7.33. The molecule has 120 valence electrons. The molecule has 3 aliphatic rings. The van der Waals surface area contributed by atoms with Gasteiger partial charge < -0.3 is 5.32 Å². The van der Waals surface area contributed by atoms with Crippen LogP contribution in [0, 0.1) is 0 Å². The van der Waals surface area contributed by atoms with Crippen molar-refractivity contribution in [1.82, 2.24) is 10.2 Å². The number of likely N-dealkylation sites (tertiary alicyclic amines) is 1. The van der Waals surface area contributed by atoms with Crippen molar-refractivity contribution in [2.75, 3.05) is 26.2 Å². The predicted molar refractivity (Wildman–Crippen MR) is 90.0 cm³/mol. The highest BCUT2D eigenvalue weighted by molar-refractivity contribution is 5.82. The van der Waals surface area contributed by atoms with E-state index in [0.29, 0.717) is 5.54 Å². The van der Waals surface area contributed by atoms with E-state index >= 15 is 0 Å². The molecule has 0 unspecified atom stereocenters. The van der Waals surface area contributed by atoms with Gasteiger partial charge in [-0.05, 0) is 51.6 Å². The van der Waals surface area contributed by atoms with Crippen molar-refractivity contribution in [2.45, 2.75) is 82.6 Å². The molecule has 1 aliphatic carbocycles. The Labute approximate surface area is 130 Å². The average molecular weight is 291 g/mol. The van der Waals surface area contributed by atoms with Crippen molar-refractivity contribution in [1.29, 1.82) is 0 Å². The van der Waals surface area contributed by atoms with Crippen molar-refractivity contribution < 1.29 is 0 Å². The van der Waals surface area contributed by atoms with Gasteiger partial charge in [0.05, 0.1) is 5.84 Å². The molecule has 0 bridgehead atoms. The molecule has 1 saturated heterocycles. The first-order chi connectivity index (χ1) is 10.4. The molecule has 2 aliphatic heterocycles. The molecule has 0 atom stereocenters. The molecule has 0 aromatic carbocycles. The van der Waals surface area contributed by atoms with Crippen LogP contribution in [0.15, 0.2) is 4.99 Å². The Morgan fingerprint density at radius 2 is 1.57 bits per heavy atom. The van der Waals surface area contributed by atoms with Crippen LogP contribution in [0.1, 0.15) is 77.0 Å². The molecule has 21 heavy (non-hydrogen) atoms. The quantitative estimate of drug-likeness (QED) is 0.858. The average Bonchev–Trinajstić information content (AvgIpc) is 2.83. The summed E-state index contributed by atoms with van der Waals surface area (Å²) < 4.78 is 0. The number of amidine groups is 1. The smallest absolute Gasteiger partial charge is 0.0963 e. The van der Waals surface area contributed by atoms with Crippen LogP contribution in [0.4, 0.5) is 0 Å². The fourth-order valence-corrected chi connectivity index (χ4v) is 4.47. The SMILES string of the molecule is C1CCN=C(NCC2(N3CCCCC3)CCCCC2)CC1. The molecule has 0 radical (unpaired) electrons. The maximum Gasteiger partial charge on any atom is 0.0963 e. The molecule has 0 aromatic heterocycles. The standard InChI is InChI=1S/C18H33N3/c1-4-10-17(19-13-7-1)20-16-18(11-5-2-6-12-18)21-14-8-3-9-15-21/h1-16H2,(H,19,20). The Hall–Kier alpha value is -0.570. The molecule has 0 amide bonds. The lowest BCUT2D eigenvalue weighted by Gasteiger charge is -2.48. The van der Waals surface area contributed by atoms with Gasteiger partial charge in [-0.3, -0.25) is 9.89 Å². The monoisotopic (exact) mass is 291 g/mol. The van der Waals surface area contributed by atoms with Crippen molar-refractivity contribution in [3.8, 4) is 0 Å². The number of hydrogen-bond donors (Lipinski definition) is 1. The van der Waals surface area contributed by atoms with Gasteiger partial charge in [0.15, 0.2) is 0 Å².